The SMILES string of the molecule is O=C1C[C@H](C(=O)Nc2cccc(Cl)c2)n2ncc(-c3ccc(Cl)cc3)c2N1. The van der Waals surface area contributed by atoms with Gasteiger partial charge >= 0.3 is 0 Å². The zero-order valence-corrected chi connectivity index (χ0v) is 15.5. The number of nitrogens with one attached hydrogen (secondary N) is 2. The summed E-state index contributed by atoms with van der Waals surface area (Å²) < 4.78 is 1.53. The molecule has 2 N–H and O–H groups in total. The van der Waals surface area contributed by atoms with Gasteiger partial charge in [0.1, 0.15) is 11.9 Å². The van der Waals surface area contributed by atoms with E-state index in [9.17, 15) is 9.59 Å². The number of benzene rings is 2. The maximum absolute atomic E-state index is 12.8. The van der Waals surface area contributed by atoms with Gasteiger partial charge in [0.25, 0.3) is 0 Å². The molecule has 2 aromatic carbocycles. The van der Waals surface area contributed by atoms with E-state index in [-0.39, 0.29) is 18.2 Å². The molecule has 2 amide bonds. The largest absolute Gasteiger partial charge is 0.324 e. The Balaban J connectivity index is 1.66. The summed E-state index contributed by atoms with van der Waals surface area (Å²) in [5.41, 5.74) is 2.13. The van der Waals surface area contributed by atoms with Crippen molar-refractivity contribution in [2.45, 2.75) is 12.5 Å². The number of hydrogen-bond acceptors (Lipinski definition) is 3. The number of nitrogens with zero attached hydrogens (tertiary/aromatic N) is 2. The van der Waals surface area contributed by atoms with E-state index < -0.39 is 6.04 Å². The van der Waals surface area contributed by atoms with Crippen LogP contribution in [0.2, 0.25) is 10.0 Å². The summed E-state index contributed by atoms with van der Waals surface area (Å²) in [4.78, 5) is 25.0. The molecule has 0 saturated carbocycles. The van der Waals surface area contributed by atoms with Gasteiger partial charge in [-0.2, -0.15) is 5.10 Å². The maximum atomic E-state index is 12.8. The van der Waals surface area contributed by atoms with Crippen molar-refractivity contribution in [1.82, 2.24) is 9.78 Å². The fourth-order valence-corrected chi connectivity index (χ4v) is 3.32. The second-order valence-corrected chi connectivity index (χ2v) is 7.00. The number of carbonyl (C=O) groups excluding carboxylic acids is 2. The average molecular weight is 401 g/mol. The Morgan fingerprint density at radius 3 is 2.67 bits per heavy atom. The molecular formula is C19H14Cl2N4O2. The molecule has 1 atom stereocenters. The molecule has 0 unspecified atom stereocenters. The van der Waals surface area contributed by atoms with Crippen molar-refractivity contribution in [2.24, 2.45) is 0 Å². The number of rotatable bonds is 3. The average Bonchev–Trinajstić information content (AvgIpc) is 3.05. The Labute approximate surface area is 165 Å². The van der Waals surface area contributed by atoms with Crippen LogP contribution in [0.3, 0.4) is 0 Å². The first-order valence-corrected chi connectivity index (χ1v) is 8.96. The quantitative estimate of drug-likeness (QED) is 0.684. The zero-order chi connectivity index (χ0) is 19.0. The van der Waals surface area contributed by atoms with Gasteiger partial charge in [-0.3, -0.25) is 9.59 Å². The van der Waals surface area contributed by atoms with Gasteiger partial charge in [-0.1, -0.05) is 41.4 Å². The van der Waals surface area contributed by atoms with Crippen molar-refractivity contribution in [3.8, 4) is 11.1 Å². The molecule has 136 valence electrons. The molecule has 27 heavy (non-hydrogen) atoms. The lowest BCUT2D eigenvalue weighted by atomic mass is 10.1. The minimum absolute atomic E-state index is 0.00113. The maximum Gasteiger partial charge on any atom is 0.249 e. The summed E-state index contributed by atoms with van der Waals surface area (Å²) in [5, 5.41) is 11.1. The molecular weight excluding hydrogens is 387 g/mol. The number of fused-ring (bicyclic) bond motifs is 1. The molecule has 0 aliphatic carbocycles. The van der Waals surface area contributed by atoms with Crippen molar-refractivity contribution in [2.75, 3.05) is 10.6 Å². The van der Waals surface area contributed by atoms with Gasteiger partial charge in [0.05, 0.1) is 12.6 Å². The standard InChI is InChI=1S/C19H14Cl2N4O2/c20-12-6-4-11(5-7-12)15-10-22-25-16(9-17(26)24-18(15)25)19(27)23-14-3-1-2-13(21)8-14/h1-8,10,16H,9H2,(H,23,27)(H,24,26)/t16-/m1/s1. The first-order valence-electron chi connectivity index (χ1n) is 8.21. The molecule has 2 heterocycles. The molecule has 1 aromatic heterocycles. The third-order valence-electron chi connectivity index (χ3n) is 4.28. The zero-order valence-electron chi connectivity index (χ0n) is 13.9. The molecule has 3 aromatic rings. The van der Waals surface area contributed by atoms with E-state index >= 15 is 0 Å². The van der Waals surface area contributed by atoms with Crippen molar-refractivity contribution in [1.29, 1.82) is 0 Å². The van der Waals surface area contributed by atoms with Crippen molar-refractivity contribution in [3.63, 3.8) is 0 Å². The highest BCUT2D eigenvalue weighted by molar-refractivity contribution is 6.31. The van der Waals surface area contributed by atoms with Crippen LogP contribution in [0.15, 0.2) is 54.7 Å². The van der Waals surface area contributed by atoms with Crippen molar-refractivity contribution in [3.05, 3.63) is 64.8 Å². The molecule has 0 bridgehead atoms. The van der Waals surface area contributed by atoms with Gasteiger partial charge in [0.2, 0.25) is 11.8 Å². The second-order valence-electron chi connectivity index (χ2n) is 6.13. The Bertz CT molecular complexity index is 1030. The summed E-state index contributed by atoms with van der Waals surface area (Å²) in [5.74, 6) is -0.0941. The highest BCUT2D eigenvalue weighted by Gasteiger charge is 2.33. The van der Waals surface area contributed by atoms with E-state index in [0.717, 1.165) is 11.1 Å². The van der Waals surface area contributed by atoms with Crippen LogP contribution in [0, 0.1) is 0 Å². The van der Waals surface area contributed by atoms with Gasteiger partial charge in [-0.05, 0) is 35.9 Å². The molecule has 6 nitrogen and oxygen atoms in total. The number of halogens is 2. The van der Waals surface area contributed by atoms with Crippen LogP contribution in [0.5, 0.6) is 0 Å². The molecule has 1 aliphatic rings. The lowest BCUT2D eigenvalue weighted by Gasteiger charge is -2.24. The fourth-order valence-electron chi connectivity index (χ4n) is 3.00. The number of aromatic nitrogens is 2. The van der Waals surface area contributed by atoms with Gasteiger partial charge in [0, 0.05) is 21.3 Å². The highest BCUT2D eigenvalue weighted by atomic mass is 35.5. The number of amides is 2. The third-order valence-corrected chi connectivity index (χ3v) is 4.76. The highest BCUT2D eigenvalue weighted by Crippen LogP contribution is 2.34. The monoisotopic (exact) mass is 400 g/mol. The summed E-state index contributed by atoms with van der Waals surface area (Å²) in [6.45, 7) is 0. The number of hydrogen-bond donors (Lipinski definition) is 2. The van der Waals surface area contributed by atoms with E-state index in [1.807, 2.05) is 12.1 Å². The topological polar surface area (TPSA) is 76.0 Å². The van der Waals surface area contributed by atoms with Gasteiger partial charge in [0.15, 0.2) is 0 Å². The predicted molar refractivity (Wildman–Crippen MR) is 105 cm³/mol. The van der Waals surface area contributed by atoms with Crippen LogP contribution in [0.4, 0.5) is 11.5 Å². The molecule has 1 aliphatic heterocycles. The molecule has 0 radical (unpaired) electrons. The van der Waals surface area contributed by atoms with Gasteiger partial charge < -0.3 is 10.6 Å². The summed E-state index contributed by atoms with van der Waals surface area (Å²) >= 11 is 11.9. The van der Waals surface area contributed by atoms with Gasteiger partial charge in [-0.15, -0.1) is 0 Å². The molecule has 4 rings (SSSR count). The van der Waals surface area contributed by atoms with Crippen LogP contribution in [0.1, 0.15) is 12.5 Å². The molecule has 0 fully saturated rings. The summed E-state index contributed by atoms with van der Waals surface area (Å²) in [7, 11) is 0. The Morgan fingerprint density at radius 2 is 1.93 bits per heavy atom. The Kier molecular flexibility index (Phi) is 4.59. The van der Waals surface area contributed by atoms with E-state index in [0.29, 0.717) is 21.6 Å². The molecule has 0 saturated heterocycles. The van der Waals surface area contributed by atoms with E-state index in [1.165, 1.54) is 4.68 Å². The third kappa shape index (κ3) is 3.54. The van der Waals surface area contributed by atoms with Gasteiger partial charge in [-0.25, -0.2) is 4.68 Å². The van der Waals surface area contributed by atoms with Crippen LogP contribution < -0.4 is 10.6 Å². The van der Waals surface area contributed by atoms with Crippen LogP contribution in [-0.2, 0) is 9.59 Å². The van der Waals surface area contributed by atoms with Crippen LogP contribution >= 0.6 is 23.2 Å². The second kappa shape index (κ2) is 7.06. The first-order chi connectivity index (χ1) is 13.0. The van der Waals surface area contributed by atoms with Crippen molar-refractivity contribution < 1.29 is 9.59 Å². The van der Waals surface area contributed by atoms with Crippen molar-refractivity contribution >= 4 is 46.5 Å². The lowest BCUT2D eigenvalue weighted by Crippen LogP contribution is -2.35. The lowest BCUT2D eigenvalue weighted by molar-refractivity contribution is -0.125. The smallest absolute Gasteiger partial charge is 0.249 e. The normalized spacial score (nSPS) is 15.8. The Hall–Kier alpha value is -2.83. The number of anilines is 2. The van der Waals surface area contributed by atoms with E-state index in [1.54, 1.807) is 42.6 Å². The van der Waals surface area contributed by atoms with Crippen LogP contribution in [-0.4, -0.2) is 21.6 Å². The first kappa shape index (κ1) is 17.6. The Morgan fingerprint density at radius 1 is 1.15 bits per heavy atom. The summed E-state index contributed by atoms with van der Waals surface area (Å²) in [6.07, 6.45) is 1.63. The fraction of sp³-hybridized carbons (Fsp3) is 0.105. The van der Waals surface area contributed by atoms with E-state index in [4.69, 9.17) is 23.2 Å². The van der Waals surface area contributed by atoms with Crippen LogP contribution in [0.25, 0.3) is 11.1 Å². The molecule has 0 spiro atoms. The van der Waals surface area contributed by atoms with E-state index in [2.05, 4.69) is 15.7 Å². The summed E-state index contributed by atoms with van der Waals surface area (Å²) in [6, 6.07) is 13.3. The minimum atomic E-state index is -0.756. The number of carbonyl (C=O) groups is 2. The minimum Gasteiger partial charge on any atom is -0.324 e. The predicted octanol–water partition coefficient (Wildman–Crippen LogP) is 4.38. The molecule has 8 heteroatoms.